The monoisotopic (exact) mass is 527 g/mol. The Labute approximate surface area is 227 Å². The fourth-order valence-electron chi connectivity index (χ4n) is 4.58. The van der Waals surface area contributed by atoms with Crippen LogP contribution in [0.25, 0.3) is 11.0 Å². The van der Waals surface area contributed by atoms with Gasteiger partial charge in [-0.3, -0.25) is 14.5 Å². The van der Waals surface area contributed by atoms with Gasteiger partial charge in [0.15, 0.2) is 5.76 Å². The Balaban J connectivity index is 1.22. The zero-order valence-electron chi connectivity index (χ0n) is 22.0. The lowest BCUT2D eigenvalue weighted by atomic mass is 10.2. The van der Waals surface area contributed by atoms with Crippen LogP contribution in [0.1, 0.15) is 26.5 Å². The van der Waals surface area contributed by atoms with Crippen molar-refractivity contribution in [3.05, 3.63) is 89.7 Å². The lowest BCUT2D eigenvalue weighted by Crippen LogP contribution is -2.50. The topological polar surface area (TPSA) is 113 Å². The highest BCUT2D eigenvalue weighted by Crippen LogP contribution is 2.24. The molecular formula is C30H33N5O4. The van der Waals surface area contributed by atoms with Crippen LogP contribution in [0.4, 0.5) is 11.4 Å². The molecule has 39 heavy (non-hydrogen) atoms. The summed E-state index contributed by atoms with van der Waals surface area (Å²) in [5.74, 6) is 0.511. The molecule has 0 unspecified atom stereocenters. The summed E-state index contributed by atoms with van der Waals surface area (Å²) in [4.78, 5) is 30.1. The molecule has 1 aromatic heterocycles. The number of piperazine rings is 1. The van der Waals surface area contributed by atoms with E-state index in [-0.39, 0.29) is 11.8 Å². The van der Waals surface area contributed by atoms with Crippen LogP contribution in [0, 0.1) is 6.92 Å². The third kappa shape index (κ3) is 6.39. The molecule has 9 heteroatoms. The van der Waals surface area contributed by atoms with Gasteiger partial charge in [0.2, 0.25) is 0 Å². The van der Waals surface area contributed by atoms with Gasteiger partial charge < -0.3 is 30.4 Å². The maximum absolute atomic E-state index is 13.5. The van der Waals surface area contributed by atoms with Crippen molar-refractivity contribution in [2.75, 3.05) is 57.0 Å². The van der Waals surface area contributed by atoms with Crippen LogP contribution in [0.3, 0.4) is 0 Å². The molecule has 4 N–H and O–H groups in total. The largest absolute Gasteiger partial charge is 0.492 e. The second kappa shape index (κ2) is 12.0. The molecule has 0 spiro atoms. The van der Waals surface area contributed by atoms with Gasteiger partial charge in [0.05, 0.1) is 24.6 Å². The molecule has 1 aliphatic heterocycles. The molecule has 202 valence electrons. The Morgan fingerprint density at radius 2 is 1.82 bits per heavy atom. The second-order valence-corrected chi connectivity index (χ2v) is 9.60. The normalized spacial score (nSPS) is 13.8. The van der Waals surface area contributed by atoms with Crippen LogP contribution in [0.2, 0.25) is 0 Å². The molecule has 9 nitrogen and oxygen atoms in total. The first-order chi connectivity index (χ1) is 19.0. The van der Waals surface area contributed by atoms with Crippen molar-refractivity contribution in [2.24, 2.45) is 0 Å². The Kier molecular flexibility index (Phi) is 8.10. The van der Waals surface area contributed by atoms with Crippen molar-refractivity contribution in [3.63, 3.8) is 0 Å². The van der Waals surface area contributed by atoms with Crippen LogP contribution < -0.4 is 21.1 Å². The number of nitrogens with zero attached hydrogens (tertiary/aromatic N) is 2. The molecule has 1 fully saturated rings. The highest BCUT2D eigenvalue weighted by molar-refractivity contribution is 6.05. The molecule has 0 saturated carbocycles. The number of carbonyl (C=O) groups is 2. The number of furan rings is 1. The molecule has 3 aromatic carbocycles. The van der Waals surface area contributed by atoms with E-state index in [1.165, 1.54) is 0 Å². The molecule has 0 aliphatic carbocycles. The number of carbonyl (C=O) groups excluding carboxylic acids is 2. The second-order valence-electron chi connectivity index (χ2n) is 9.60. The lowest BCUT2D eigenvalue weighted by molar-refractivity contribution is 0.0539. The minimum atomic E-state index is -0.256. The first kappa shape index (κ1) is 26.3. The summed E-state index contributed by atoms with van der Waals surface area (Å²) in [7, 11) is 0. The number of fused-ring (bicyclic) bond motifs is 1. The van der Waals surface area contributed by atoms with E-state index in [2.05, 4.69) is 15.5 Å². The molecule has 5 rings (SSSR count). The van der Waals surface area contributed by atoms with Crippen molar-refractivity contribution in [3.8, 4) is 5.75 Å². The predicted octanol–water partition coefficient (Wildman–Crippen LogP) is 3.96. The van der Waals surface area contributed by atoms with Crippen molar-refractivity contribution in [1.29, 1.82) is 0 Å². The minimum absolute atomic E-state index is 0.167. The summed E-state index contributed by atoms with van der Waals surface area (Å²) >= 11 is 0. The number of rotatable bonds is 9. The number of anilines is 2. The summed E-state index contributed by atoms with van der Waals surface area (Å²) in [6.45, 7) is 6.64. The number of para-hydroxylation sites is 3. The van der Waals surface area contributed by atoms with Crippen molar-refractivity contribution in [2.45, 2.75) is 6.92 Å². The van der Waals surface area contributed by atoms with Gasteiger partial charge in [0.25, 0.3) is 11.8 Å². The van der Waals surface area contributed by atoms with E-state index < -0.39 is 0 Å². The van der Waals surface area contributed by atoms with Crippen LogP contribution in [-0.4, -0.2) is 67.6 Å². The molecule has 0 atom stereocenters. The molecule has 4 aromatic rings. The third-order valence-corrected chi connectivity index (χ3v) is 6.77. The zero-order chi connectivity index (χ0) is 27.2. The van der Waals surface area contributed by atoms with E-state index >= 15 is 0 Å². The highest BCUT2D eigenvalue weighted by atomic mass is 16.5. The maximum Gasteiger partial charge on any atom is 0.290 e. The van der Waals surface area contributed by atoms with Crippen LogP contribution in [0.15, 0.2) is 77.2 Å². The number of nitrogens with two attached hydrogens (primary N) is 1. The SMILES string of the molecule is Cc1cccc2cc(C(=O)N(CCOc3ccc(C(=O)Nc4ccccc4N)cc3)CN3CCNCC3)oc12. The molecule has 1 saturated heterocycles. The van der Waals surface area contributed by atoms with E-state index in [0.29, 0.717) is 48.3 Å². The Morgan fingerprint density at radius 3 is 2.56 bits per heavy atom. The van der Waals surface area contributed by atoms with Crippen LogP contribution in [0.5, 0.6) is 5.75 Å². The number of nitrogen functional groups attached to an aromatic ring is 1. The van der Waals surface area contributed by atoms with Gasteiger partial charge in [-0.05, 0) is 55.0 Å². The van der Waals surface area contributed by atoms with E-state index in [0.717, 1.165) is 42.7 Å². The molecule has 2 amide bonds. The first-order valence-corrected chi connectivity index (χ1v) is 13.1. The zero-order valence-corrected chi connectivity index (χ0v) is 22.0. The average Bonchev–Trinajstić information content (AvgIpc) is 3.40. The average molecular weight is 528 g/mol. The van der Waals surface area contributed by atoms with Gasteiger partial charge in [-0.15, -0.1) is 0 Å². The molecular weight excluding hydrogens is 494 g/mol. The van der Waals surface area contributed by atoms with Gasteiger partial charge in [-0.25, -0.2) is 0 Å². The number of hydrogen-bond donors (Lipinski definition) is 3. The summed E-state index contributed by atoms with van der Waals surface area (Å²) in [6, 6.07) is 21.7. The third-order valence-electron chi connectivity index (χ3n) is 6.77. The standard InChI is InChI=1S/C30H33N5O4/c1-21-5-4-6-23-19-27(39-28(21)23)30(37)35(20-34-15-13-32-14-16-34)17-18-38-24-11-9-22(10-12-24)29(36)33-26-8-3-2-7-25(26)31/h2-12,19,32H,13-18,20,31H2,1H3,(H,33,36). The van der Waals surface area contributed by atoms with E-state index in [1.807, 2.05) is 43.3 Å². The van der Waals surface area contributed by atoms with Gasteiger partial charge in [-0.2, -0.15) is 0 Å². The van der Waals surface area contributed by atoms with Gasteiger partial charge in [0.1, 0.15) is 17.9 Å². The number of amides is 2. The predicted molar refractivity (Wildman–Crippen MR) is 152 cm³/mol. The Bertz CT molecular complexity index is 1440. The minimum Gasteiger partial charge on any atom is -0.492 e. The smallest absolute Gasteiger partial charge is 0.290 e. The summed E-state index contributed by atoms with van der Waals surface area (Å²) < 4.78 is 11.9. The summed E-state index contributed by atoms with van der Waals surface area (Å²) in [5.41, 5.74) is 9.20. The highest BCUT2D eigenvalue weighted by Gasteiger charge is 2.23. The van der Waals surface area contributed by atoms with Gasteiger partial charge >= 0.3 is 0 Å². The quantitative estimate of drug-likeness (QED) is 0.283. The van der Waals surface area contributed by atoms with Crippen LogP contribution in [-0.2, 0) is 0 Å². The van der Waals surface area contributed by atoms with E-state index in [9.17, 15) is 9.59 Å². The molecule has 2 heterocycles. The van der Waals surface area contributed by atoms with E-state index in [4.69, 9.17) is 14.9 Å². The Morgan fingerprint density at radius 1 is 1.05 bits per heavy atom. The fourth-order valence-corrected chi connectivity index (χ4v) is 4.58. The van der Waals surface area contributed by atoms with Crippen molar-refractivity contribution < 1.29 is 18.7 Å². The number of ether oxygens (including phenoxy) is 1. The summed E-state index contributed by atoms with van der Waals surface area (Å²) in [6.07, 6.45) is 0. The van der Waals surface area contributed by atoms with Crippen molar-refractivity contribution >= 4 is 34.2 Å². The fraction of sp³-hybridized carbons (Fsp3) is 0.267. The Hall–Kier alpha value is -4.34. The van der Waals surface area contributed by atoms with Crippen LogP contribution >= 0.6 is 0 Å². The van der Waals surface area contributed by atoms with E-state index in [1.54, 1.807) is 41.3 Å². The first-order valence-electron chi connectivity index (χ1n) is 13.1. The van der Waals surface area contributed by atoms with Crippen molar-refractivity contribution in [1.82, 2.24) is 15.1 Å². The molecule has 1 aliphatic rings. The van der Waals surface area contributed by atoms with Gasteiger partial charge in [-0.1, -0.05) is 30.3 Å². The number of nitrogens with one attached hydrogen (secondary N) is 2. The van der Waals surface area contributed by atoms with Gasteiger partial charge in [0, 0.05) is 37.1 Å². The maximum atomic E-state index is 13.5. The lowest BCUT2D eigenvalue weighted by Gasteiger charge is -2.32. The summed E-state index contributed by atoms with van der Waals surface area (Å²) in [5, 5.41) is 7.07. The molecule has 0 bridgehead atoms. The number of aryl methyl sites for hydroxylation is 1. The number of hydrogen-bond acceptors (Lipinski definition) is 7. The number of benzene rings is 3. The molecule has 0 radical (unpaired) electrons.